The van der Waals surface area contributed by atoms with Gasteiger partial charge in [-0.3, -0.25) is 0 Å². The smallest absolute Gasteiger partial charge is 0.0654 e. The van der Waals surface area contributed by atoms with Crippen LogP contribution in [0.25, 0.3) is 0 Å². The van der Waals surface area contributed by atoms with Crippen LogP contribution in [-0.2, 0) is 4.74 Å². The van der Waals surface area contributed by atoms with Crippen molar-refractivity contribution in [2.45, 2.75) is 160 Å². The first kappa shape index (κ1) is 39.2. The largest absolute Gasteiger partial charge is 0.373 e. The molecule has 0 aromatic carbocycles. The maximum Gasteiger partial charge on any atom is 0.0654 e. The van der Waals surface area contributed by atoms with E-state index in [0.29, 0.717) is 0 Å². The fourth-order valence-electron chi connectivity index (χ4n) is 11.9. The first-order valence-corrected chi connectivity index (χ1v) is 21.3. The van der Waals surface area contributed by atoms with Gasteiger partial charge in [-0.15, -0.1) is 0 Å². The molecule has 4 saturated carbocycles. The van der Waals surface area contributed by atoms with Gasteiger partial charge in [-0.2, -0.15) is 0 Å². The monoisotopic (exact) mass is 651 g/mol. The highest BCUT2D eigenvalue weighted by Gasteiger charge is 2.42. The van der Waals surface area contributed by atoms with Gasteiger partial charge in [0.05, 0.1) is 13.2 Å². The molecule has 0 amide bonds. The summed E-state index contributed by atoms with van der Waals surface area (Å²) in [7, 11) is 0. The van der Waals surface area contributed by atoms with Crippen molar-refractivity contribution < 1.29 is 4.74 Å². The third kappa shape index (κ3) is 10.3. The maximum atomic E-state index is 6.78. The van der Waals surface area contributed by atoms with Crippen LogP contribution in [0.3, 0.4) is 0 Å². The van der Waals surface area contributed by atoms with E-state index >= 15 is 0 Å². The van der Waals surface area contributed by atoms with E-state index in [1.54, 1.807) is 0 Å². The van der Waals surface area contributed by atoms with Crippen molar-refractivity contribution >= 4 is 0 Å². The number of hydrogen-bond acceptors (Lipinski definition) is 1. The Morgan fingerprint density at radius 2 is 0.745 bits per heavy atom. The van der Waals surface area contributed by atoms with E-state index in [2.05, 4.69) is 95.2 Å². The molecule has 0 N–H and O–H groups in total. The Kier molecular flexibility index (Phi) is 15.1. The van der Waals surface area contributed by atoms with Crippen molar-refractivity contribution in [1.82, 2.24) is 0 Å². The summed E-state index contributed by atoms with van der Waals surface area (Å²) in [4.78, 5) is 0. The third-order valence-electron chi connectivity index (χ3n) is 14.7. The maximum absolute atomic E-state index is 6.78. The van der Waals surface area contributed by atoms with E-state index in [4.69, 9.17) is 4.74 Å². The summed E-state index contributed by atoms with van der Waals surface area (Å²) in [6.07, 6.45) is 22.2. The SMILES string of the molecule is CC1CCC(C(C)C)C(C(=CCOCC=C(C2CC(C)CCC2C(C)C)C2CCC(C)CC2C(C)C)C2CCC(C)CC2C(C)C)C1. The van der Waals surface area contributed by atoms with Gasteiger partial charge in [0.15, 0.2) is 0 Å². The fourth-order valence-corrected chi connectivity index (χ4v) is 11.9. The molecule has 12 unspecified atom stereocenters. The average Bonchev–Trinajstić information content (AvgIpc) is 3.00. The molecule has 4 fully saturated rings. The van der Waals surface area contributed by atoms with Crippen molar-refractivity contribution in [1.29, 1.82) is 0 Å². The summed E-state index contributed by atoms with van der Waals surface area (Å²) in [5.74, 6) is 12.8. The van der Waals surface area contributed by atoms with E-state index in [9.17, 15) is 0 Å². The van der Waals surface area contributed by atoms with Crippen LogP contribution >= 0.6 is 0 Å². The summed E-state index contributed by atoms with van der Waals surface area (Å²) in [5, 5.41) is 0. The topological polar surface area (TPSA) is 9.23 Å². The molecule has 47 heavy (non-hydrogen) atoms. The van der Waals surface area contributed by atoms with Gasteiger partial charge in [0.1, 0.15) is 0 Å². The Labute approximate surface area is 295 Å². The highest BCUT2D eigenvalue weighted by atomic mass is 16.5. The molecule has 4 aliphatic carbocycles. The minimum Gasteiger partial charge on any atom is -0.373 e. The van der Waals surface area contributed by atoms with Crippen molar-refractivity contribution in [2.75, 3.05) is 13.2 Å². The number of ether oxygens (including phenoxy) is 1. The molecule has 0 aliphatic heterocycles. The van der Waals surface area contributed by atoms with Gasteiger partial charge in [-0.25, -0.2) is 0 Å². The lowest BCUT2D eigenvalue weighted by molar-refractivity contribution is 0.112. The lowest BCUT2D eigenvalue weighted by Crippen LogP contribution is -2.37. The molecule has 0 spiro atoms. The average molecular weight is 651 g/mol. The molecule has 0 bridgehead atoms. The van der Waals surface area contributed by atoms with Crippen molar-refractivity contribution in [3.05, 3.63) is 23.3 Å². The Hall–Kier alpha value is -0.560. The van der Waals surface area contributed by atoms with Gasteiger partial charge in [-0.05, 0) is 146 Å². The molecule has 12 atom stereocenters. The van der Waals surface area contributed by atoms with Crippen molar-refractivity contribution in [3.8, 4) is 0 Å². The Balaban J connectivity index is 1.62. The molecule has 272 valence electrons. The second kappa shape index (κ2) is 18.1. The summed E-state index contributed by atoms with van der Waals surface area (Å²) >= 11 is 0. The molecule has 0 heterocycles. The minimum absolute atomic E-state index is 0.750. The molecule has 1 heteroatoms. The zero-order valence-electron chi connectivity index (χ0n) is 33.7. The van der Waals surface area contributed by atoms with Gasteiger partial charge in [-0.1, -0.05) is 132 Å². The van der Waals surface area contributed by atoms with E-state index in [1.807, 2.05) is 11.1 Å². The van der Waals surface area contributed by atoms with E-state index in [0.717, 1.165) is 108 Å². The van der Waals surface area contributed by atoms with Crippen LogP contribution in [0.5, 0.6) is 0 Å². The Morgan fingerprint density at radius 3 is 1.09 bits per heavy atom. The predicted octanol–water partition coefficient (Wildman–Crippen LogP) is 13.7. The lowest BCUT2D eigenvalue weighted by atomic mass is 9.59. The quantitative estimate of drug-likeness (QED) is 0.151. The van der Waals surface area contributed by atoms with Crippen LogP contribution < -0.4 is 0 Å². The number of allylic oxidation sites excluding steroid dienone is 2. The van der Waals surface area contributed by atoms with Crippen molar-refractivity contribution in [3.63, 3.8) is 0 Å². The molecule has 0 saturated heterocycles. The highest BCUT2D eigenvalue weighted by Crippen LogP contribution is 2.51. The predicted molar refractivity (Wildman–Crippen MR) is 206 cm³/mol. The van der Waals surface area contributed by atoms with Crippen LogP contribution in [0, 0.1) is 94.7 Å². The first-order valence-electron chi connectivity index (χ1n) is 21.3. The van der Waals surface area contributed by atoms with Crippen molar-refractivity contribution in [2.24, 2.45) is 94.7 Å². The van der Waals surface area contributed by atoms with Crippen LogP contribution in [0.2, 0.25) is 0 Å². The van der Waals surface area contributed by atoms with Crippen LogP contribution in [0.4, 0.5) is 0 Å². The third-order valence-corrected chi connectivity index (χ3v) is 14.7. The molecule has 0 aromatic heterocycles. The Bertz CT molecular complexity index is 905. The summed E-state index contributed by atoms with van der Waals surface area (Å²) in [6, 6.07) is 0. The van der Waals surface area contributed by atoms with Crippen LogP contribution in [0.1, 0.15) is 160 Å². The van der Waals surface area contributed by atoms with E-state index in [1.165, 1.54) is 77.0 Å². The molecule has 4 aliphatic rings. The normalized spacial score (nSPS) is 39.7. The number of hydrogen-bond donors (Lipinski definition) is 0. The summed E-state index contributed by atoms with van der Waals surface area (Å²) in [5.41, 5.74) is 3.65. The lowest BCUT2D eigenvalue weighted by Gasteiger charge is -2.46. The van der Waals surface area contributed by atoms with Gasteiger partial charge < -0.3 is 4.74 Å². The van der Waals surface area contributed by atoms with Gasteiger partial charge in [0.2, 0.25) is 0 Å². The zero-order valence-corrected chi connectivity index (χ0v) is 33.7. The highest BCUT2D eigenvalue weighted by molar-refractivity contribution is 5.19. The molecule has 1 nitrogen and oxygen atoms in total. The molecule has 0 aromatic rings. The van der Waals surface area contributed by atoms with Gasteiger partial charge in [0, 0.05) is 0 Å². The van der Waals surface area contributed by atoms with E-state index < -0.39 is 0 Å². The standard InChI is InChI=1S/C46H82O/c1-29(2)37-17-13-35(11)27-45(37)41(39-19-15-33(9)25-43(39)31(5)6)21-23-47-24-22-42(40-20-16-34(10)26-44(40)32(7)8)46-28-36(12)14-18-38(46)30(3)4/h21-22,29-40,43-46H,13-20,23-28H2,1-12H3. The fraction of sp³-hybridized carbons (Fsp3) is 0.913. The second-order valence-electron chi connectivity index (χ2n) is 19.7. The molecular weight excluding hydrogens is 569 g/mol. The first-order chi connectivity index (χ1) is 22.3. The Morgan fingerprint density at radius 1 is 0.426 bits per heavy atom. The molecule has 0 radical (unpaired) electrons. The van der Waals surface area contributed by atoms with Crippen LogP contribution in [0.15, 0.2) is 23.3 Å². The van der Waals surface area contributed by atoms with Crippen LogP contribution in [-0.4, -0.2) is 13.2 Å². The molecular formula is C46H82O. The van der Waals surface area contributed by atoms with E-state index in [-0.39, 0.29) is 0 Å². The minimum atomic E-state index is 0.750. The van der Waals surface area contributed by atoms with Gasteiger partial charge in [0.25, 0.3) is 0 Å². The van der Waals surface area contributed by atoms with Gasteiger partial charge >= 0.3 is 0 Å². The second-order valence-corrected chi connectivity index (χ2v) is 19.7. The number of rotatable bonds is 12. The summed E-state index contributed by atoms with van der Waals surface area (Å²) in [6.45, 7) is 31.7. The molecule has 4 rings (SSSR count). The summed E-state index contributed by atoms with van der Waals surface area (Å²) < 4.78 is 6.78. The zero-order chi connectivity index (χ0) is 34.4.